The van der Waals surface area contributed by atoms with Crippen molar-refractivity contribution in [2.45, 2.75) is 13.0 Å². The van der Waals surface area contributed by atoms with Crippen LogP contribution in [0.3, 0.4) is 0 Å². The number of hydrogen-bond acceptors (Lipinski definition) is 2. The number of amides is 2. The number of nitrogens with one attached hydrogen (secondary N) is 3. The highest BCUT2D eigenvalue weighted by Gasteiger charge is 2.29. The van der Waals surface area contributed by atoms with Crippen molar-refractivity contribution < 1.29 is 4.79 Å². The number of carbonyl (C=O) groups is 1. The molecule has 1 atom stereocenters. The first kappa shape index (κ1) is 16.5. The molecular weight excluding hydrogens is 342 g/mol. The van der Waals surface area contributed by atoms with Gasteiger partial charge in [-0.25, -0.2) is 4.79 Å². The van der Waals surface area contributed by atoms with Gasteiger partial charge in [-0.05, 0) is 30.7 Å². The van der Waals surface area contributed by atoms with Gasteiger partial charge < -0.3 is 16.0 Å². The summed E-state index contributed by atoms with van der Waals surface area (Å²) in [6.45, 7) is 1.84. The van der Waals surface area contributed by atoms with E-state index in [0.29, 0.717) is 10.0 Å². The van der Waals surface area contributed by atoms with Gasteiger partial charge in [0.2, 0.25) is 0 Å². The Morgan fingerprint density at radius 2 is 1.92 bits per heavy atom. The Morgan fingerprint density at radius 1 is 1.17 bits per heavy atom. The van der Waals surface area contributed by atoms with Gasteiger partial charge in [-0.3, -0.25) is 0 Å². The highest BCUT2D eigenvalue weighted by molar-refractivity contribution is 7.81. The Kier molecular flexibility index (Phi) is 4.83. The van der Waals surface area contributed by atoms with E-state index in [4.69, 9.17) is 23.8 Å². The molecule has 0 aliphatic carbocycles. The Labute approximate surface area is 150 Å². The first-order chi connectivity index (χ1) is 11.5. The highest BCUT2D eigenvalue weighted by Crippen LogP contribution is 2.28. The summed E-state index contributed by atoms with van der Waals surface area (Å²) in [6, 6.07) is 16.5. The van der Waals surface area contributed by atoms with E-state index < -0.39 is 0 Å². The minimum atomic E-state index is -0.306. The predicted octanol–water partition coefficient (Wildman–Crippen LogP) is 4.41. The summed E-state index contributed by atoms with van der Waals surface area (Å²) in [5, 5.41) is 9.54. The number of rotatable bonds is 3. The molecule has 2 amide bonds. The van der Waals surface area contributed by atoms with Crippen LogP contribution in [-0.4, -0.2) is 11.0 Å². The number of carbonyl (C=O) groups excluding carboxylic acids is 1. The molecule has 3 N–H and O–H groups in total. The predicted molar refractivity (Wildman–Crippen MR) is 101 cm³/mol. The summed E-state index contributed by atoms with van der Waals surface area (Å²) in [7, 11) is 0. The van der Waals surface area contributed by atoms with Crippen molar-refractivity contribution in [3.05, 3.63) is 76.5 Å². The average molecular weight is 358 g/mol. The van der Waals surface area contributed by atoms with Gasteiger partial charge in [0, 0.05) is 22.0 Å². The Hall–Kier alpha value is -2.37. The minimum absolute atomic E-state index is 0.240. The molecule has 122 valence electrons. The fourth-order valence-electron chi connectivity index (χ4n) is 2.66. The van der Waals surface area contributed by atoms with E-state index in [1.165, 1.54) is 0 Å². The number of allylic oxidation sites excluding steroid dienone is 1. The molecule has 1 aliphatic heterocycles. The SMILES string of the molecule is CC1=C(C(=S)Nc2cccc(Cl)c2)[C@@H](c2ccccc2)NC(=O)N1. The zero-order valence-electron chi connectivity index (χ0n) is 13.0. The smallest absolute Gasteiger partial charge is 0.319 e. The molecule has 0 radical (unpaired) electrons. The molecule has 2 aromatic carbocycles. The Bertz CT molecular complexity index is 820. The van der Waals surface area contributed by atoms with E-state index in [-0.39, 0.29) is 12.1 Å². The molecule has 24 heavy (non-hydrogen) atoms. The van der Waals surface area contributed by atoms with Crippen LogP contribution in [-0.2, 0) is 0 Å². The molecule has 0 bridgehead atoms. The second-order valence-electron chi connectivity index (χ2n) is 5.45. The second-order valence-corrected chi connectivity index (χ2v) is 6.29. The van der Waals surface area contributed by atoms with Crippen LogP contribution in [0.15, 0.2) is 65.9 Å². The molecule has 1 aliphatic rings. The van der Waals surface area contributed by atoms with Gasteiger partial charge in [0.05, 0.1) is 6.04 Å². The van der Waals surface area contributed by atoms with E-state index in [0.717, 1.165) is 22.5 Å². The standard InChI is InChI=1S/C18H16ClN3OS/c1-11-15(17(24)21-14-9-5-8-13(19)10-14)16(22-18(23)20-11)12-6-3-2-4-7-12/h2-10,16H,1H3,(H,21,24)(H2,20,22,23)/t16-/m1/s1. The number of hydrogen-bond donors (Lipinski definition) is 3. The van der Waals surface area contributed by atoms with Crippen molar-refractivity contribution in [3.8, 4) is 0 Å². The molecule has 1 heterocycles. The summed E-state index contributed by atoms with van der Waals surface area (Å²) in [4.78, 5) is 12.4. The maximum atomic E-state index is 11.9. The topological polar surface area (TPSA) is 53.2 Å². The van der Waals surface area contributed by atoms with E-state index in [2.05, 4.69) is 16.0 Å². The summed E-state index contributed by atoms with van der Waals surface area (Å²) in [6.07, 6.45) is 0. The van der Waals surface area contributed by atoms with Crippen molar-refractivity contribution in [1.29, 1.82) is 0 Å². The molecule has 2 aromatic rings. The molecule has 6 heteroatoms. The Balaban J connectivity index is 1.94. The summed E-state index contributed by atoms with van der Waals surface area (Å²) in [5.74, 6) is 0. The first-order valence-corrected chi connectivity index (χ1v) is 8.23. The maximum Gasteiger partial charge on any atom is 0.319 e. The number of anilines is 1. The van der Waals surface area contributed by atoms with Crippen LogP contribution in [0.25, 0.3) is 0 Å². The fourth-order valence-corrected chi connectivity index (χ4v) is 3.23. The van der Waals surface area contributed by atoms with Crippen LogP contribution in [0.2, 0.25) is 5.02 Å². The highest BCUT2D eigenvalue weighted by atomic mass is 35.5. The van der Waals surface area contributed by atoms with Crippen molar-refractivity contribution in [2.24, 2.45) is 0 Å². The van der Waals surface area contributed by atoms with Gasteiger partial charge in [0.15, 0.2) is 0 Å². The van der Waals surface area contributed by atoms with Gasteiger partial charge in [-0.2, -0.15) is 0 Å². The average Bonchev–Trinajstić information content (AvgIpc) is 2.54. The number of urea groups is 1. The molecule has 3 rings (SSSR count). The molecule has 0 spiro atoms. The monoisotopic (exact) mass is 357 g/mol. The van der Waals surface area contributed by atoms with E-state index in [9.17, 15) is 4.79 Å². The zero-order chi connectivity index (χ0) is 17.1. The molecular formula is C18H16ClN3OS. The molecule has 0 aromatic heterocycles. The lowest BCUT2D eigenvalue weighted by Crippen LogP contribution is -2.45. The van der Waals surface area contributed by atoms with E-state index in [1.54, 1.807) is 12.1 Å². The molecule has 0 saturated heterocycles. The van der Waals surface area contributed by atoms with Crippen LogP contribution in [0.4, 0.5) is 10.5 Å². The lowest BCUT2D eigenvalue weighted by molar-refractivity contribution is 0.239. The van der Waals surface area contributed by atoms with Gasteiger partial charge in [0.1, 0.15) is 4.99 Å². The maximum absolute atomic E-state index is 11.9. The van der Waals surface area contributed by atoms with Gasteiger partial charge in [0.25, 0.3) is 0 Å². The zero-order valence-corrected chi connectivity index (χ0v) is 14.5. The van der Waals surface area contributed by atoms with Crippen molar-refractivity contribution >= 4 is 40.5 Å². The molecule has 0 unspecified atom stereocenters. The van der Waals surface area contributed by atoms with Crippen LogP contribution in [0, 0.1) is 0 Å². The van der Waals surface area contributed by atoms with Crippen LogP contribution < -0.4 is 16.0 Å². The van der Waals surface area contributed by atoms with E-state index >= 15 is 0 Å². The molecule has 0 saturated carbocycles. The lowest BCUT2D eigenvalue weighted by Gasteiger charge is -2.30. The number of thiocarbonyl (C=S) groups is 1. The van der Waals surface area contributed by atoms with Gasteiger partial charge >= 0.3 is 6.03 Å². The van der Waals surface area contributed by atoms with Gasteiger partial charge in [-0.1, -0.05) is 60.2 Å². The summed E-state index contributed by atoms with van der Waals surface area (Å²) in [5.41, 5.74) is 3.33. The third-order valence-electron chi connectivity index (χ3n) is 3.73. The third-order valence-corrected chi connectivity index (χ3v) is 4.29. The van der Waals surface area contributed by atoms with Crippen molar-refractivity contribution in [3.63, 3.8) is 0 Å². The third kappa shape index (κ3) is 3.58. The van der Waals surface area contributed by atoms with E-state index in [1.807, 2.05) is 49.4 Å². The lowest BCUT2D eigenvalue weighted by atomic mass is 9.95. The normalized spacial score (nSPS) is 17.1. The second kappa shape index (κ2) is 7.03. The Morgan fingerprint density at radius 3 is 2.62 bits per heavy atom. The largest absolute Gasteiger partial charge is 0.346 e. The van der Waals surface area contributed by atoms with Crippen molar-refractivity contribution in [1.82, 2.24) is 10.6 Å². The fraction of sp³-hybridized carbons (Fsp3) is 0.111. The number of halogens is 1. The van der Waals surface area contributed by atoms with Crippen LogP contribution in [0.1, 0.15) is 18.5 Å². The summed E-state index contributed by atoms with van der Waals surface area (Å²) < 4.78 is 0. The molecule has 0 fully saturated rings. The quantitative estimate of drug-likeness (QED) is 0.713. The summed E-state index contributed by atoms with van der Waals surface area (Å²) >= 11 is 11.6. The number of benzene rings is 2. The van der Waals surface area contributed by atoms with Crippen LogP contribution in [0.5, 0.6) is 0 Å². The first-order valence-electron chi connectivity index (χ1n) is 7.45. The molecule has 4 nitrogen and oxygen atoms in total. The van der Waals surface area contributed by atoms with Gasteiger partial charge in [-0.15, -0.1) is 0 Å². The van der Waals surface area contributed by atoms with Crippen molar-refractivity contribution in [2.75, 3.05) is 5.32 Å². The van der Waals surface area contributed by atoms with Crippen LogP contribution >= 0.6 is 23.8 Å². The minimum Gasteiger partial charge on any atom is -0.346 e.